The number of amides is 1. The summed E-state index contributed by atoms with van der Waals surface area (Å²) in [4.78, 5) is 13.5. The van der Waals surface area contributed by atoms with Crippen molar-refractivity contribution in [2.24, 2.45) is 0 Å². The van der Waals surface area contributed by atoms with Gasteiger partial charge in [0.1, 0.15) is 5.76 Å². The van der Waals surface area contributed by atoms with Gasteiger partial charge in [0.2, 0.25) is 5.09 Å². The standard InChI is InChI=1S/C20H20N2O5S2/c1-28-18-7-3-2-6-16(18)21-20(23)17-10-11-19(27-17)29(24,25)22(14-8-9-14)13-15-5-4-12-26-15/h2-7,10-12,14H,8-9,13H2,1H3,(H,21,23). The van der Waals surface area contributed by atoms with Crippen LogP contribution >= 0.6 is 11.8 Å². The number of anilines is 1. The smallest absolute Gasteiger partial charge is 0.291 e. The van der Waals surface area contributed by atoms with Crippen molar-refractivity contribution in [2.75, 3.05) is 11.6 Å². The van der Waals surface area contributed by atoms with Crippen molar-refractivity contribution in [3.8, 4) is 0 Å². The SMILES string of the molecule is CSc1ccccc1NC(=O)c1ccc(S(=O)(=O)N(Cc2ccco2)C2CC2)o1. The summed E-state index contributed by atoms with van der Waals surface area (Å²) in [6, 6.07) is 13.4. The number of hydrogen-bond acceptors (Lipinski definition) is 6. The molecule has 0 aliphatic heterocycles. The molecule has 2 heterocycles. The molecule has 29 heavy (non-hydrogen) atoms. The predicted octanol–water partition coefficient (Wildman–Crippen LogP) is 4.20. The Balaban J connectivity index is 1.54. The molecule has 3 aromatic rings. The lowest BCUT2D eigenvalue weighted by Crippen LogP contribution is -2.32. The highest BCUT2D eigenvalue weighted by molar-refractivity contribution is 7.98. The van der Waals surface area contributed by atoms with Crippen LogP contribution in [0.15, 0.2) is 73.6 Å². The van der Waals surface area contributed by atoms with E-state index in [-0.39, 0.29) is 23.4 Å². The summed E-state index contributed by atoms with van der Waals surface area (Å²) in [5, 5.41) is 2.52. The minimum atomic E-state index is -3.89. The number of hydrogen-bond donors (Lipinski definition) is 1. The Morgan fingerprint density at radius 1 is 1.17 bits per heavy atom. The van der Waals surface area contributed by atoms with Gasteiger partial charge < -0.3 is 14.2 Å². The van der Waals surface area contributed by atoms with Crippen molar-refractivity contribution in [1.82, 2.24) is 4.31 Å². The molecule has 0 atom stereocenters. The van der Waals surface area contributed by atoms with Gasteiger partial charge in [-0.05, 0) is 55.5 Å². The Morgan fingerprint density at radius 3 is 2.66 bits per heavy atom. The van der Waals surface area contributed by atoms with Crippen molar-refractivity contribution >= 4 is 33.4 Å². The van der Waals surface area contributed by atoms with E-state index in [9.17, 15) is 13.2 Å². The molecule has 1 aromatic carbocycles. The van der Waals surface area contributed by atoms with E-state index in [1.54, 1.807) is 18.2 Å². The molecule has 152 valence electrons. The van der Waals surface area contributed by atoms with Gasteiger partial charge >= 0.3 is 0 Å². The molecule has 0 bridgehead atoms. The highest BCUT2D eigenvalue weighted by Crippen LogP contribution is 2.34. The fourth-order valence-corrected chi connectivity index (χ4v) is 5.08. The van der Waals surface area contributed by atoms with E-state index >= 15 is 0 Å². The Bertz CT molecular complexity index is 1100. The largest absolute Gasteiger partial charge is 0.468 e. The van der Waals surface area contributed by atoms with E-state index in [1.165, 1.54) is 34.5 Å². The van der Waals surface area contributed by atoms with Crippen LogP contribution in [-0.4, -0.2) is 30.9 Å². The molecule has 0 spiro atoms. The number of benzene rings is 1. The van der Waals surface area contributed by atoms with Crippen LogP contribution in [0.3, 0.4) is 0 Å². The number of furan rings is 2. The average Bonchev–Trinajstić information content (AvgIpc) is 3.20. The number of nitrogens with one attached hydrogen (secondary N) is 1. The Hall–Kier alpha value is -2.49. The third-order valence-electron chi connectivity index (χ3n) is 4.57. The zero-order valence-corrected chi connectivity index (χ0v) is 17.3. The number of sulfonamides is 1. The lowest BCUT2D eigenvalue weighted by atomic mass is 10.3. The molecule has 1 saturated carbocycles. The fourth-order valence-electron chi connectivity index (χ4n) is 2.96. The molecular weight excluding hydrogens is 412 g/mol. The summed E-state index contributed by atoms with van der Waals surface area (Å²) in [6.07, 6.45) is 5.00. The predicted molar refractivity (Wildman–Crippen MR) is 109 cm³/mol. The van der Waals surface area contributed by atoms with Gasteiger partial charge in [0.25, 0.3) is 15.9 Å². The summed E-state index contributed by atoms with van der Waals surface area (Å²) in [6.45, 7) is 0.128. The molecule has 9 heteroatoms. The number of rotatable bonds is 8. The molecule has 7 nitrogen and oxygen atoms in total. The first kappa shape index (κ1) is 19.8. The van der Waals surface area contributed by atoms with Crippen LogP contribution < -0.4 is 5.32 Å². The molecular formula is C20H20N2O5S2. The maximum atomic E-state index is 13.1. The molecule has 1 N–H and O–H groups in total. The second kappa shape index (κ2) is 8.10. The number of thioether (sulfide) groups is 1. The quantitative estimate of drug-likeness (QED) is 0.536. The van der Waals surface area contributed by atoms with E-state index in [1.807, 2.05) is 24.5 Å². The van der Waals surface area contributed by atoms with Gasteiger partial charge in [-0.1, -0.05) is 12.1 Å². The molecule has 1 aliphatic carbocycles. The van der Waals surface area contributed by atoms with Crippen molar-refractivity contribution in [3.63, 3.8) is 0 Å². The second-order valence-corrected chi connectivity index (χ2v) is 9.30. The average molecular weight is 433 g/mol. The van der Waals surface area contributed by atoms with Crippen LogP contribution in [0, 0.1) is 0 Å². The van der Waals surface area contributed by atoms with E-state index < -0.39 is 15.9 Å². The first-order valence-corrected chi connectivity index (χ1v) is 11.7. The molecule has 2 aromatic heterocycles. The number of nitrogens with zero attached hydrogens (tertiary/aromatic N) is 1. The number of carbonyl (C=O) groups excluding carboxylic acids is 1. The molecule has 1 aliphatic rings. The van der Waals surface area contributed by atoms with E-state index in [4.69, 9.17) is 8.83 Å². The van der Waals surface area contributed by atoms with E-state index in [2.05, 4.69) is 5.32 Å². The summed E-state index contributed by atoms with van der Waals surface area (Å²) in [5.74, 6) is -0.0103. The van der Waals surface area contributed by atoms with Crippen LogP contribution in [-0.2, 0) is 16.6 Å². The number of carbonyl (C=O) groups is 1. The first-order valence-electron chi connectivity index (χ1n) is 9.07. The maximum absolute atomic E-state index is 13.1. The van der Waals surface area contributed by atoms with Gasteiger partial charge in [0, 0.05) is 10.9 Å². The summed E-state index contributed by atoms with van der Waals surface area (Å²) >= 11 is 1.50. The van der Waals surface area contributed by atoms with Gasteiger partial charge in [0.15, 0.2) is 5.76 Å². The Labute approximate surface area is 173 Å². The second-order valence-electron chi connectivity index (χ2n) is 6.63. The summed E-state index contributed by atoms with van der Waals surface area (Å²) < 4.78 is 38.3. The third kappa shape index (κ3) is 4.26. The Kier molecular flexibility index (Phi) is 5.53. The van der Waals surface area contributed by atoms with Gasteiger partial charge in [-0.2, -0.15) is 4.31 Å². The summed E-state index contributed by atoms with van der Waals surface area (Å²) in [5.41, 5.74) is 0.642. The molecule has 0 unspecified atom stereocenters. The highest BCUT2D eigenvalue weighted by Gasteiger charge is 2.40. The van der Waals surface area contributed by atoms with Crippen molar-refractivity contribution in [3.05, 3.63) is 66.3 Å². The van der Waals surface area contributed by atoms with Crippen molar-refractivity contribution in [2.45, 2.75) is 35.4 Å². The normalized spacial score (nSPS) is 14.3. The third-order valence-corrected chi connectivity index (χ3v) is 7.14. The van der Waals surface area contributed by atoms with Crippen LogP contribution in [0.4, 0.5) is 5.69 Å². The van der Waals surface area contributed by atoms with E-state index in [0.29, 0.717) is 11.4 Å². The monoisotopic (exact) mass is 432 g/mol. The van der Waals surface area contributed by atoms with E-state index in [0.717, 1.165) is 17.7 Å². The molecule has 1 fully saturated rings. The van der Waals surface area contributed by atoms with Crippen LogP contribution in [0.25, 0.3) is 0 Å². The zero-order valence-electron chi connectivity index (χ0n) is 15.7. The lowest BCUT2D eigenvalue weighted by Gasteiger charge is -2.19. The molecule has 0 radical (unpaired) electrons. The fraction of sp³-hybridized carbons (Fsp3) is 0.250. The molecule has 0 saturated heterocycles. The van der Waals surface area contributed by atoms with Gasteiger partial charge in [-0.3, -0.25) is 4.79 Å². The van der Waals surface area contributed by atoms with Gasteiger partial charge in [-0.25, -0.2) is 8.42 Å². The van der Waals surface area contributed by atoms with Gasteiger partial charge in [-0.15, -0.1) is 11.8 Å². The van der Waals surface area contributed by atoms with Crippen LogP contribution in [0.1, 0.15) is 29.2 Å². The van der Waals surface area contributed by atoms with Gasteiger partial charge in [0.05, 0.1) is 18.5 Å². The zero-order chi connectivity index (χ0) is 20.4. The lowest BCUT2D eigenvalue weighted by molar-refractivity contribution is 0.0991. The molecule has 1 amide bonds. The topological polar surface area (TPSA) is 92.8 Å². The highest BCUT2D eigenvalue weighted by atomic mass is 32.2. The maximum Gasteiger partial charge on any atom is 0.291 e. The van der Waals surface area contributed by atoms with Crippen molar-refractivity contribution < 1.29 is 22.0 Å². The van der Waals surface area contributed by atoms with Crippen LogP contribution in [0.5, 0.6) is 0 Å². The Morgan fingerprint density at radius 2 is 1.97 bits per heavy atom. The van der Waals surface area contributed by atoms with Crippen LogP contribution in [0.2, 0.25) is 0 Å². The number of para-hydroxylation sites is 1. The minimum absolute atomic E-state index is 0.0618. The van der Waals surface area contributed by atoms with Crippen molar-refractivity contribution in [1.29, 1.82) is 0 Å². The summed E-state index contributed by atoms with van der Waals surface area (Å²) in [7, 11) is -3.89. The minimum Gasteiger partial charge on any atom is -0.468 e. The molecule has 4 rings (SSSR count). The first-order chi connectivity index (χ1) is 14.0.